The van der Waals surface area contributed by atoms with E-state index in [1.165, 1.54) is 0 Å². The summed E-state index contributed by atoms with van der Waals surface area (Å²) in [4.78, 5) is 35.3. The van der Waals surface area contributed by atoms with Gasteiger partial charge in [0, 0.05) is 30.0 Å². The summed E-state index contributed by atoms with van der Waals surface area (Å²) in [6.07, 6.45) is 0. The number of nitrogens with one attached hydrogen (secondary N) is 2. The number of morpholine rings is 1. The van der Waals surface area contributed by atoms with Gasteiger partial charge in [-0.05, 0) is 31.2 Å². The second-order valence-corrected chi connectivity index (χ2v) is 7.41. The average molecular weight is 463 g/mol. The van der Waals surface area contributed by atoms with Crippen LogP contribution in [0.2, 0.25) is 0 Å². The number of aromatic nitrogens is 2. The van der Waals surface area contributed by atoms with Crippen LogP contribution in [0.4, 0.5) is 22.0 Å². The molecule has 34 heavy (non-hydrogen) atoms. The summed E-state index contributed by atoms with van der Waals surface area (Å²) < 4.78 is 11.1. The number of ether oxygens (including phenoxy) is 2. The molecule has 0 saturated carbocycles. The second-order valence-electron chi connectivity index (χ2n) is 7.41. The van der Waals surface area contributed by atoms with Crippen LogP contribution in [0.1, 0.15) is 17.4 Å². The lowest BCUT2D eigenvalue weighted by molar-refractivity contribution is 0.0685. The summed E-state index contributed by atoms with van der Waals surface area (Å²) in [5.74, 6) is -0.447. The van der Waals surface area contributed by atoms with Crippen molar-refractivity contribution in [3.8, 4) is 17.1 Å². The minimum Gasteiger partial charge on any atom is -0.488 e. The van der Waals surface area contributed by atoms with E-state index in [9.17, 15) is 14.7 Å². The molecule has 2 aromatic carbocycles. The van der Waals surface area contributed by atoms with Gasteiger partial charge in [0.1, 0.15) is 0 Å². The van der Waals surface area contributed by atoms with Gasteiger partial charge in [0.15, 0.2) is 23.1 Å². The summed E-state index contributed by atoms with van der Waals surface area (Å²) in [6.45, 7) is 4.16. The monoisotopic (exact) mass is 463 g/mol. The van der Waals surface area contributed by atoms with Crippen molar-refractivity contribution >= 4 is 29.2 Å². The number of carbonyl (C=O) groups is 2. The summed E-state index contributed by atoms with van der Waals surface area (Å²) in [7, 11) is 0. The fourth-order valence-corrected chi connectivity index (χ4v) is 3.53. The van der Waals surface area contributed by atoms with Gasteiger partial charge in [0.25, 0.3) is 0 Å². The van der Waals surface area contributed by atoms with Crippen molar-refractivity contribution in [3.63, 3.8) is 0 Å². The molecule has 1 fully saturated rings. The van der Waals surface area contributed by atoms with Crippen LogP contribution in [0.3, 0.4) is 0 Å². The van der Waals surface area contributed by atoms with Crippen molar-refractivity contribution in [1.82, 2.24) is 9.97 Å². The summed E-state index contributed by atoms with van der Waals surface area (Å²) in [6, 6.07) is 15.6. The Kier molecular flexibility index (Phi) is 7.19. The first kappa shape index (κ1) is 23.0. The molecule has 0 spiro atoms. The van der Waals surface area contributed by atoms with Crippen LogP contribution >= 0.6 is 0 Å². The maximum atomic E-state index is 12.4. The lowest BCUT2D eigenvalue weighted by atomic mass is 10.1. The highest BCUT2D eigenvalue weighted by molar-refractivity contribution is 6.00. The average Bonchev–Trinajstić information content (AvgIpc) is 2.85. The van der Waals surface area contributed by atoms with Gasteiger partial charge in [-0.15, -0.1) is 0 Å². The molecule has 1 aliphatic rings. The van der Waals surface area contributed by atoms with Gasteiger partial charge >= 0.3 is 12.0 Å². The SMILES string of the molecule is CCOc1c(C(=O)O)nc(-c2cccc(NC(=O)Nc3ccccc3)c2)nc1N1CCOCC1. The molecule has 0 radical (unpaired) electrons. The fourth-order valence-electron chi connectivity index (χ4n) is 3.53. The van der Waals surface area contributed by atoms with E-state index in [0.29, 0.717) is 49.1 Å². The van der Waals surface area contributed by atoms with Gasteiger partial charge in [0.05, 0.1) is 19.8 Å². The molecule has 3 aromatic rings. The third-order valence-corrected chi connectivity index (χ3v) is 5.06. The Labute approximate surface area is 196 Å². The Bertz CT molecular complexity index is 1170. The van der Waals surface area contributed by atoms with E-state index in [0.717, 1.165) is 0 Å². The van der Waals surface area contributed by atoms with Gasteiger partial charge in [0.2, 0.25) is 0 Å². The van der Waals surface area contributed by atoms with E-state index < -0.39 is 12.0 Å². The summed E-state index contributed by atoms with van der Waals surface area (Å²) >= 11 is 0. The van der Waals surface area contributed by atoms with Crippen LogP contribution in [-0.4, -0.2) is 60.0 Å². The number of para-hydroxylation sites is 1. The quantitative estimate of drug-likeness (QED) is 0.484. The molecule has 2 amide bonds. The molecule has 0 unspecified atom stereocenters. The first-order valence-corrected chi connectivity index (χ1v) is 10.9. The number of amides is 2. The lowest BCUT2D eigenvalue weighted by Gasteiger charge is -2.29. The molecule has 10 heteroatoms. The van der Waals surface area contributed by atoms with E-state index in [1.807, 2.05) is 23.1 Å². The Hall–Kier alpha value is -4.18. The van der Waals surface area contributed by atoms with E-state index in [1.54, 1.807) is 43.3 Å². The molecular formula is C24H25N5O5. The maximum Gasteiger partial charge on any atom is 0.358 e. The summed E-state index contributed by atoms with van der Waals surface area (Å²) in [5, 5.41) is 15.3. The molecule has 0 atom stereocenters. The van der Waals surface area contributed by atoms with Crippen molar-refractivity contribution in [2.24, 2.45) is 0 Å². The van der Waals surface area contributed by atoms with E-state index in [-0.39, 0.29) is 23.9 Å². The predicted molar refractivity (Wildman–Crippen MR) is 128 cm³/mol. The van der Waals surface area contributed by atoms with Gasteiger partial charge < -0.3 is 30.1 Å². The van der Waals surface area contributed by atoms with Crippen LogP contribution in [0.15, 0.2) is 54.6 Å². The zero-order valence-corrected chi connectivity index (χ0v) is 18.7. The topological polar surface area (TPSA) is 126 Å². The van der Waals surface area contributed by atoms with Crippen LogP contribution in [0, 0.1) is 0 Å². The molecule has 4 rings (SSSR count). The molecule has 2 heterocycles. The Balaban J connectivity index is 1.66. The van der Waals surface area contributed by atoms with E-state index >= 15 is 0 Å². The smallest absolute Gasteiger partial charge is 0.358 e. The number of carboxylic acid groups (broad SMARTS) is 1. The van der Waals surface area contributed by atoms with Crippen molar-refractivity contribution in [3.05, 3.63) is 60.3 Å². The number of benzene rings is 2. The number of anilines is 3. The maximum absolute atomic E-state index is 12.4. The van der Waals surface area contributed by atoms with Gasteiger partial charge in [-0.25, -0.2) is 19.6 Å². The number of carbonyl (C=O) groups excluding carboxylic acids is 1. The molecule has 0 bridgehead atoms. The van der Waals surface area contributed by atoms with Crippen LogP contribution < -0.4 is 20.3 Å². The Morgan fingerprint density at radius 3 is 2.44 bits per heavy atom. The van der Waals surface area contributed by atoms with Crippen LogP contribution in [0.5, 0.6) is 5.75 Å². The van der Waals surface area contributed by atoms with Gasteiger partial charge in [-0.2, -0.15) is 0 Å². The lowest BCUT2D eigenvalue weighted by Crippen LogP contribution is -2.37. The molecule has 1 aromatic heterocycles. The van der Waals surface area contributed by atoms with Crippen molar-refractivity contribution in [2.75, 3.05) is 48.4 Å². The third kappa shape index (κ3) is 5.41. The molecule has 176 valence electrons. The minimum absolute atomic E-state index is 0.136. The van der Waals surface area contributed by atoms with Crippen LogP contribution in [0.25, 0.3) is 11.4 Å². The molecular weight excluding hydrogens is 438 g/mol. The molecule has 3 N–H and O–H groups in total. The molecule has 10 nitrogen and oxygen atoms in total. The molecule has 1 aliphatic heterocycles. The number of rotatable bonds is 7. The number of urea groups is 1. The highest BCUT2D eigenvalue weighted by Crippen LogP contribution is 2.33. The highest BCUT2D eigenvalue weighted by Gasteiger charge is 2.26. The molecule has 0 aliphatic carbocycles. The minimum atomic E-state index is -1.21. The zero-order valence-electron chi connectivity index (χ0n) is 18.7. The zero-order chi connectivity index (χ0) is 23.9. The molecule has 1 saturated heterocycles. The number of hydrogen-bond donors (Lipinski definition) is 3. The summed E-state index contributed by atoms with van der Waals surface area (Å²) in [5.41, 5.74) is 1.51. The fraction of sp³-hybridized carbons (Fsp3) is 0.250. The second kappa shape index (κ2) is 10.6. The number of hydrogen-bond acceptors (Lipinski definition) is 7. The Morgan fingerprint density at radius 1 is 1.03 bits per heavy atom. The van der Waals surface area contributed by atoms with E-state index in [4.69, 9.17) is 9.47 Å². The van der Waals surface area contributed by atoms with Crippen molar-refractivity contribution in [2.45, 2.75) is 6.92 Å². The Morgan fingerprint density at radius 2 is 1.74 bits per heavy atom. The first-order chi connectivity index (χ1) is 16.5. The van der Waals surface area contributed by atoms with Gasteiger partial charge in [-0.3, -0.25) is 0 Å². The van der Waals surface area contributed by atoms with E-state index in [2.05, 4.69) is 20.6 Å². The van der Waals surface area contributed by atoms with Crippen molar-refractivity contribution in [1.29, 1.82) is 0 Å². The first-order valence-electron chi connectivity index (χ1n) is 10.9. The third-order valence-electron chi connectivity index (χ3n) is 5.06. The largest absolute Gasteiger partial charge is 0.488 e. The number of carboxylic acids is 1. The normalized spacial score (nSPS) is 13.3. The van der Waals surface area contributed by atoms with Crippen molar-refractivity contribution < 1.29 is 24.2 Å². The number of aromatic carboxylic acids is 1. The van der Waals surface area contributed by atoms with Crippen LogP contribution in [-0.2, 0) is 4.74 Å². The standard InChI is InChI=1S/C24H25N5O5/c1-2-34-20-19(23(30)31)27-21(28-22(20)29-11-13-33-14-12-29)16-7-6-10-18(15-16)26-24(32)25-17-8-4-3-5-9-17/h3-10,15H,2,11-14H2,1H3,(H,30,31)(H2,25,26,32). The predicted octanol–water partition coefficient (Wildman–Crippen LogP) is 3.72. The number of nitrogens with zero attached hydrogens (tertiary/aromatic N) is 3. The highest BCUT2D eigenvalue weighted by atomic mass is 16.5. The van der Waals surface area contributed by atoms with Gasteiger partial charge in [-0.1, -0.05) is 30.3 Å².